The molecule has 0 saturated carbocycles. The Labute approximate surface area is 277 Å². The van der Waals surface area contributed by atoms with Gasteiger partial charge in [0, 0.05) is 17.7 Å². The fourth-order valence-electron chi connectivity index (χ4n) is 2.14. The van der Waals surface area contributed by atoms with Crippen LogP contribution < -0.4 is 0 Å². The maximum Gasteiger partial charge on any atom is 0.341 e. The number of hydrogen-bond acceptors (Lipinski definition) is 13. The highest BCUT2D eigenvalue weighted by Crippen LogP contribution is 2.20. The zero-order valence-corrected chi connectivity index (χ0v) is 26.1. The van der Waals surface area contributed by atoms with E-state index in [1.54, 1.807) is 20.8 Å². The topological polar surface area (TPSA) is 234 Å². The van der Waals surface area contributed by atoms with Crippen LogP contribution in [0.3, 0.4) is 0 Å². The minimum atomic E-state index is -1.09. The molecule has 0 heterocycles. The van der Waals surface area contributed by atoms with E-state index >= 15 is 0 Å². The lowest BCUT2D eigenvalue weighted by molar-refractivity contribution is -0.231. The molecule has 0 aliphatic rings. The molecule has 15 heteroatoms. The van der Waals surface area contributed by atoms with E-state index in [9.17, 15) is 38.4 Å². The first-order valence-electron chi connectivity index (χ1n) is 13.2. The van der Waals surface area contributed by atoms with Gasteiger partial charge in [0.1, 0.15) is 6.61 Å². The highest BCUT2D eigenvalue weighted by Gasteiger charge is 2.35. The fourth-order valence-corrected chi connectivity index (χ4v) is 2.14. The van der Waals surface area contributed by atoms with Gasteiger partial charge in [-0.2, -0.15) is 0 Å². The first kappa shape index (κ1) is 54.9. The van der Waals surface area contributed by atoms with Crippen molar-refractivity contribution in [2.45, 2.75) is 84.1 Å². The van der Waals surface area contributed by atoms with E-state index in [1.807, 2.05) is 0 Å². The molecule has 0 bridgehead atoms. The SMILES string of the molecule is C.C.C.C=CC(=O)O.CC=C(C)C(=O)OC(=O)C(C)C(C)C(=O)OC(=O)C(C)C(C)C(=O)OC(=O)C(C)CC.O=C(O)C=CCOO. The third kappa shape index (κ3) is 25.4. The molecule has 5 unspecified atom stereocenters. The quantitative estimate of drug-likeness (QED) is 0.0578. The van der Waals surface area contributed by atoms with Crippen molar-refractivity contribution >= 4 is 47.8 Å². The normalized spacial score (nSPS) is 13.1. The molecule has 47 heavy (non-hydrogen) atoms. The van der Waals surface area contributed by atoms with Crippen LogP contribution in [0.1, 0.15) is 84.1 Å². The second-order valence-electron chi connectivity index (χ2n) is 9.20. The summed E-state index contributed by atoms with van der Waals surface area (Å²) in [5.41, 5.74) is 0.229. The summed E-state index contributed by atoms with van der Waals surface area (Å²) < 4.78 is 14.2. The van der Waals surface area contributed by atoms with Crippen LogP contribution in [0.5, 0.6) is 0 Å². The van der Waals surface area contributed by atoms with Gasteiger partial charge in [0.05, 0.1) is 29.6 Å². The monoisotopic (exact) mass is 678 g/mol. The van der Waals surface area contributed by atoms with E-state index < -0.39 is 77.3 Å². The third-order valence-corrected chi connectivity index (χ3v) is 5.96. The van der Waals surface area contributed by atoms with Crippen LogP contribution in [-0.4, -0.2) is 69.8 Å². The van der Waals surface area contributed by atoms with E-state index in [4.69, 9.17) is 29.7 Å². The number of carboxylic acid groups (broad SMARTS) is 2. The first-order chi connectivity index (χ1) is 20.3. The summed E-state index contributed by atoms with van der Waals surface area (Å²) in [5.74, 6) is -12.1. The second-order valence-corrected chi connectivity index (χ2v) is 9.20. The summed E-state index contributed by atoms with van der Waals surface area (Å²) in [6.45, 7) is 14.8. The van der Waals surface area contributed by atoms with Crippen molar-refractivity contribution in [2.75, 3.05) is 6.61 Å². The number of esters is 6. The lowest BCUT2D eigenvalue weighted by Crippen LogP contribution is -2.35. The van der Waals surface area contributed by atoms with Crippen LogP contribution in [0.2, 0.25) is 0 Å². The molecule has 3 N–H and O–H groups in total. The van der Waals surface area contributed by atoms with Crippen molar-refractivity contribution in [3.8, 4) is 0 Å². The van der Waals surface area contributed by atoms with Gasteiger partial charge in [-0.3, -0.25) is 29.2 Å². The molecule has 0 aromatic heterocycles. The number of aliphatic carboxylic acids is 2. The van der Waals surface area contributed by atoms with Crippen LogP contribution in [0.25, 0.3) is 0 Å². The minimum absolute atomic E-state index is 0. The van der Waals surface area contributed by atoms with Crippen molar-refractivity contribution in [1.29, 1.82) is 0 Å². The summed E-state index contributed by atoms with van der Waals surface area (Å²) in [7, 11) is 0. The highest BCUT2D eigenvalue weighted by molar-refractivity contribution is 5.98. The Morgan fingerprint density at radius 1 is 0.681 bits per heavy atom. The number of allylic oxidation sites excluding steroid dienone is 1. The molecule has 0 saturated heterocycles. The average Bonchev–Trinajstić information content (AvgIpc) is 2.98. The third-order valence-electron chi connectivity index (χ3n) is 5.96. The predicted octanol–water partition coefficient (Wildman–Crippen LogP) is 5.03. The van der Waals surface area contributed by atoms with Gasteiger partial charge in [0.15, 0.2) is 0 Å². The number of rotatable bonds is 13. The molecule has 0 rings (SSSR count). The van der Waals surface area contributed by atoms with E-state index in [2.05, 4.69) is 11.5 Å². The molecular weight excluding hydrogens is 624 g/mol. The second kappa shape index (κ2) is 30.2. The Balaban J connectivity index is -0.000000220. The Morgan fingerprint density at radius 3 is 1.30 bits per heavy atom. The molecule has 0 aromatic carbocycles. The van der Waals surface area contributed by atoms with E-state index in [0.717, 1.165) is 12.2 Å². The van der Waals surface area contributed by atoms with Crippen molar-refractivity contribution in [2.24, 2.45) is 29.6 Å². The molecule has 15 nitrogen and oxygen atoms in total. The van der Waals surface area contributed by atoms with Crippen molar-refractivity contribution in [3.05, 3.63) is 36.5 Å². The van der Waals surface area contributed by atoms with Crippen molar-refractivity contribution in [1.82, 2.24) is 0 Å². The molecule has 0 aliphatic heterocycles. The zero-order valence-electron chi connectivity index (χ0n) is 26.1. The Bertz CT molecular complexity index is 1090. The lowest BCUT2D eigenvalue weighted by atomic mass is 9.95. The number of hydrogen-bond donors (Lipinski definition) is 3. The number of carbonyl (C=O) groups excluding carboxylic acids is 6. The maximum atomic E-state index is 12.3. The summed E-state index contributed by atoms with van der Waals surface area (Å²) in [4.78, 5) is 94.5. The largest absolute Gasteiger partial charge is 0.478 e. The van der Waals surface area contributed by atoms with Gasteiger partial charge in [-0.05, 0) is 26.3 Å². The molecule has 0 fully saturated rings. The summed E-state index contributed by atoms with van der Waals surface area (Å²) >= 11 is 0. The lowest BCUT2D eigenvalue weighted by Gasteiger charge is -2.20. The summed E-state index contributed by atoms with van der Waals surface area (Å²) in [6, 6.07) is 0. The molecule has 0 amide bonds. The predicted molar refractivity (Wildman–Crippen MR) is 172 cm³/mol. The van der Waals surface area contributed by atoms with Crippen LogP contribution >= 0.6 is 0 Å². The number of ether oxygens (including phenoxy) is 3. The van der Waals surface area contributed by atoms with Gasteiger partial charge in [-0.15, -0.1) is 0 Å². The Kier molecular flexibility index (Phi) is 35.3. The highest BCUT2D eigenvalue weighted by atomic mass is 17.1. The van der Waals surface area contributed by atoms with Gasteiger partial charge in [-0.1, -0.05) is 76.5 Å². The average molecular weight is 679 g/mol. The standard InChI is InChI=1S/C22H32O9.C4H6O4.C3H4O2.3CH4/c1-9-11(3)17(23)29-19(25)13(5)15(7)21(27)31-22(28)16(8)14(6)20(26)30-18(24)12(4)10-2;5-4(6)2-1-3-8-7;1-2-3(4)5;;;/h9,12-16H,10H2,1-8H3;1-2,7H,3H2,(H,5,6);2H,1H2,(H,4,5);3*1H4. The molecule has 5 atom stereocenters. The Morgan fingerprint density at radius 2 is 1.02 bits per heavy atom. The van der Waals surface area contributed by atoms with E-state index in [-0.39, 0.29) is 34.5 Å². The summed E-state index contributed by atoms with van der Waals surface area (Å²) in [6.07, 6.45) is 4.87. The van der Waals surface area contributed by atoms with Crippen molar-refractivity contribution < 1.29 is 72.9 Å². The summed E-state index contributed by atoms with van der Waals surface area (Å²) in [5, 5.41) is 23.2. The fraction of sp³-hybridized carbons (Fsp3) is 0.562. The molecule has 272 valence electrons. The van der Waals surface area contributed by atoms with E-state index in [0.29, 0.717) is 6.42 Å². The van der Waals surface area contributed by atoms with Crippen LogP contribution in [0, 0.1) is 29.6 Å². The molecule has 0 aliphatic carbocycles. The van der Waals surface area contributed by atoms with Gasteiger partial charge in [0.2, 0.25) is 0 Å². The number of carboxylic acids is 2. The van der Waals surface area contributed by atoms with Gasteiger partial charge in [-0.25, -0.2) is 19.3 Å². The van der Waals surface area contributed by atoms with Gasteiger partial charge >= 0.3 is 47.8 Å². The molecule has 0 aromatic rings. The van der Waals surface area contributed by atoms with Gasteiger partial charge < -0.3 is 24.4 Å². The first-order valence-corrected chi connectivity index (χ1v) is 13.2. The van der Waals surface area contributed by atoms with Crippen molar-refractivity contribution in [3.63, 3.8) is 0 Å². The zero-order chi connectivity index (χ0) is 35.2. The van der Waals surface area contributed by atoms with Crippen LogP contribution in [-0.2, 0) is 57.5 Å². The van der Waals surface area contributed by atoms with Crippen LogP contribution in [0.15, 0.2) is 36.5 Å². The molecule has 0 radical (unpaired) electrons. The molecular formula is C32H54O15. The molecule has 0 spiro atoms. The smallest absolute Gasteiger partial charge is 0.341 e. The maximum absolute atomic E-state index is 12.3. The van der Waals surface area contributed by atoms with Gasteiger partial charge in [0.25, 0.3) is 0 Å². The minimum Gasteiger partial charge on any atom is -0.478 e. The van der Waals surface area contributed by atoms with Crippen LogP contribution in [0.4, 0.5) is 0 Å². The Hall–Kier alpha value is -4.50. The number of carbonyl (C=O) groups is 8. The van der Waals surface area contributed by atoms with E-state index in [1.165, 1.54) is 46.8 Å².